The molecule has 8 nitrogen and oxygen atoms in total. The molecule has 0 unspecified atom stereocenters. The number of methoxy groups -OCH3 is 1. The number of piperidine rings is 1. The number of ether oxygens (including phenoxy) is 1. The van der Waals surface area contributed by atoms with E-state index in [0.29, 0.717) is 5.92 Å². The smallest absolute Gasteiger partial charge is 0.225 e. The highest BCUT2D eigenvalue weighted by Gasteiger charge is 2.32. The number of hydrogen-bond donors (Lipinski definition) is 1. The molecule has 1 saturated heterocycles. The van der Waals surface area contributed by atoms with Crippen molar-refractivity contribution in [1.82, 2.24) is 20.4 Å². The Labute approximate surface area is 189 Å². The van der Waals surface area contributed by atoms with E-state index in [-0.39, 0.29) is 24.0 Å². The first-order chi connectivity index (χ1) is 15.6. The molecule has 0 radical (unpaired) electrons. The van der Waals surface area contributed by atoms with E-state index in [4.69, 9.17) is 14.2 Å². The lowest BCUT2D eigenvalue weighted by atomic mass is 9.86. The maximum absolute atomic E-state index is 12.8. The van der Waals surface area contributed by atoms with Crippen molar-refractivity contribution < 1.29 is 14.1 Å². The van der Waals surface area contributed by atoms with Gasteiger partial charge < -0.3 is 19.5 Å². The van der Waals surface area contributed by atoms with Crippen LogP contribution < -0.4 is 10.2 Å². The summed E-state index contributed by atoms with van der Waals surface area (Å²) < 4.78 is 11.0. The summed E-state index contributed by atoms with van der Waals surface area (Å²) in [5.41, 5.74) is 2.90. The maximum atomic E-state index is 12.8. The summed E-state index contributed by atoms with van der Waals surface area (Å²) in [6.45, 7) is 3.62. The average molecular weight is 440 g/mol. The third kappa shape index (κ3) is 4.65. The molecule has 1 N–H and O–H groups in total. The summed E-state index contributed by atoms with van der Waals surface area (Å²) in [5, 5.41) is 7.31. The van der Waals surface area contributed by atoms with E-state index in [1.54, 1.807) is 7.11 Å². The van der Waals surface area contributed by atoms with Crippen molar-refractivity contribution in [2.45, 2.75) is 76.4 Å². The van der Waals surface area contributed by atoms with Crippen molar-refractivity contribution in [1.29, 1.82) is 0 Å². The maximum Gasteiger partial charge on any atom is 0.225 e. The molecule has 0 bridgehead atoms. The monoisotopic (exact) mass is 439 g/mol. The number of carbonyl (C=O) groups excluding carboxylic acids is 1. The van der Waals surface area contributed by atoms with Crippen molar-refractivity contribution in [2.24, 2.45) is 5.92 Å². The van der Waals surface area contributed by atoms with Crippen molar-refractivity contribution in [3.8, 4) is 11.3 Å². The van der Waals surface area contributed by atoms with Gasteiger partial charge in [-0.1, -0.05) is 11.6 Å². The van der Waals surface area contributed by atoms with Crippen LogP contribution in [0.2, 0.25) is 0 Å². The number of anilines is 1. The molecule has 3 heterocycles. The zero-order valence-corrected chi connectivity index (χ0v) is 19.0. The van der Waals surface area contributed by atoms with Crippen LogP contribution in [0.4, 0.5) is 5.95 Å². The van der Waals surface area contributed by atoms with Crippen LogP contribution in [0.1, 0.15) is 68.7 Å². The van der Waals surface area contributed by atoms with Gasteiger partial charge in [-0.2, -0.15) is 0 Å². The number of amides is 1. The molecular weight excluding hydrogens is 406 g/mol. The predicted molar refractivity (Wildman–Crippen MR) is 120 cm³/mol. The Morgan fingerprint density at radius 3 is 2.69 bits per heavy atom. The second kappa shape index (κ2) is 9.17. The van der Waals surface area contributed by atoms with Gasteiger partial charge in [0, 0.05) is 50.3 Å². The standard InChI is InChI=1S/C24H33N5O3/c1-15-12-21(32-28-15)20-14-25-24(27-22(20)16-6-7-16)29-10-8-18(9-11-29)26-23(30)17-4-3-5-19(13-17)31-2/h12,14,16-19H,3-11,13H2,1-2H3,(H,26,30)/t17-,19+/m1/s1. The molecule has 32 heavy (non-hydrogen) atoms. The lowest BCUT2D eigenvalue weighted by Gasteiger charge is -2.34. The first-order valence-electron chi connectivity index (χ1n) is 12.0. The summed E-state index contributed by atoms with van der Waals surface area (Å²) in [7, 11) is 1.75. The Morgan fingerprint density at radius 2 is 2.00 bits per heavy atom. The van der Waals surface area contributed by atoms with E-state index in [2.05, 4.69) is 20.4 Å². The number of aryl methyl sites for hydroxylation is 1. The minimum Gasteiger partial charge on any atom is -0.381 e. The first-order valence-corrected chi connectivity index (χ1v) is 12.0. The predicted octanol–water partition coefficient (Wildman–Crippen LogP) is 3.61. The Kier molecular flexibility index (Phi) is 6.13. The molecule has 3 fully saturated rings. The molecule has 0 spiro atoms. The lowest BCUT2D eigenvalue weighted by molar-refractivity contribution is -0.128. The summed E-state index contributed by atoms with van der Waals surface area (Å²) >= 11 is 0. The van der Waals surface area contributed by atoms with Crippen LogP contribution in [0.15, 0.2) is 16.8 Å². The van der Waals surface area contributed by atoms with E-state index in [0.717, 1.165) is 93.1 Å². The summed E-state index contributed by atoms with van der Waals surface area (Å²) in [4.78, 5) is 24.6. The van der Waals surface area contributed by atoms with Crippen LogP contribution in [0.5, 0.6) is 0 Å². The fraction of sp³-hybridized carbons (Fsp3) is 0.667. The van der Waals surface area contributed by atoms with Crippen molar-refractivity contribution >= 4 is 11.9 Å². The fourth-order valence-corrected chi connectivity index (χ4v) is 5.03. The van der Waals surface area contributed by atoms with Gasteiger partial charge in [0.15, 0.2) is 5.76 Å². The van der Waals surface area contributed by atoms with E-state index in [1.807, 2.05) is 19.2 Å². The minimum absolute atomic E-state index is 0.0865. The van der Waals surface area contributed by atoms with E-state index in [1.165, 1.54) is 0 Å². The van der Waals surface area contributed by atoms with Gasteiger partial charge in [-0.3, -0.25) is 4.79 Å². The zero-order chi connectivity index (χ0) is 22.1. The number of hydrogen-bond acceptors (Lipinski definition) is 7. The average Bonchev–Trinajstić information content (AvgIpc) is 3.59. The van der Waals surface area contributed by atoms with E-state index < -0.39 is 0 Å². The molecule has 1 amide bonds. The Bertz CT molecular complexity index is 949. The normalized spacial score (nSPS) is 24.5. The third-order valence-electron chi connectivity index (χ3n) is 7.12. The number of aromatic nitrogens is 3. The molecule has 1 aliphatic heterocycles. The molecule has 8 heteroatoms. The third-order valence-corrected chi connectivity index (χ3v) is 7.12. The molecule has 5 rings (SSSR count). The van der Waals surface area contributed by atoms with Crippen LogP contribution in [0, 0.1) is 12.8 Å². The Balaban J connectivity index is 1.20. The second-order valence-electron chi connectivity index (χ2n) is 9.57. The molecule has 0 aromatic carbocycles. The zero-order valence-electron chi connectivity index (χ0n) is 19.0. The van der Waals surface area contributed by atoms with Crippen LogP contribution in [-0.4, -0.2) is 53.4 Å². The number of carbonyl (C=O) groups is 1. The van der Waals surface area contributed by atoms with Crippen LogP contribution in [0.3, 0.4) is 0 Å². The van der Waals surface area contributed by atoms with Gasteiger partial charge in [0.25, 0.3) is 0 Å². The molecule has 2 aromatic heterocycles. The van der Waals surface area contributed by atoms with Gasteiger partial charge in [-0.25, -0.2) is 9.97 Å². The van der Waals surface area contributed by atoms with E-state index >= 15 is 0 Å². The lowest BCUT2D eigenvalue weighted by Crippen LogP contribution is -2.47. The van der Waals surface area contributed by atoms with Crippen molar-refractivity contribution in [3.63, 3.8) is 0 Å². The molecule has 172 valence electrons. The van der Waals surface area contributed by atoms with Gasteiger partial charge in [-0.05, 0) is 51.9 Å². The quantitative estimate of drug-likeness (QED) is 0.735. The minimum atomic E-state index is 0.0865. The van der Waals surface area contributed by atoms with Crippen LogP contribution in [0.25, 0.3) is 11.3 Å². The SMILES string of the molecule is CO[C@H]1CCC[C@@H](C(=O)NC2CCN(c3ncc(-c4cc(C)no4)c(C4CC4)n3)CC2)C1. The topological polar surface area (TPSA) is 93.4 Å². The molecule has 2 aliphatic carbocycles. The van der Waals surface area contributed by atoms with Gasteiger partial charge in [0.2, 0.25) is 11.9 Å². The number of nitrogens with one attached hydrogen (secondary N) is 1. The summed E-state index contributed by atoms with van der Waals surface area (Å²) in [6, 6.07) is 2.17. The highest BCUT2D eigenvalue weighted by Crippen LogP contribution is 2.43. The first kappa shape index (κ1) is 21.4. The molecule has 2 atom stereocenters. The van der Waals surface area contributed by atoms with Crippen LogP contribution in [-0.2, 0) is 9.53 Å². The fourth-order valence-electron chi connectivity index (χ4n) is 5.03. The second-order valence-corrected chi connectivity index (χ2v) is 9.57. The van der Waals surface area contributed by atoms with Gasteiger partial charge >= 0.3 is 0 Å². The van der Waals surface area contributed by atoms with Gasteiger partial charge in [-0.15, -0.1) is 0 Å². The number of nitrogens with zero attached hydrogens (tertiary/aromatic N) is 4. The highest BCUT2D eigenvalue weighted by atomic mass is 16.5. The van der Waals surface area contributed by atoms with E-state index in [9.17, 15) is 4.79 Å². The van der Waals surface area contributed by atoms with Crippen molar-refractivity contribution in [3.05, 3.63) is 23.7 Å². The van der Waals surface area contributed by atoms with Gasteiger partial charge in [0.1, 0.15) is 0 Å². The highest BCUT2D eigenvalue weighted by molar-refractivity contribution is 5.79. The molecule has 3 aliphatic rings. The van der Waals surface area contributed by atoms with Gasteiger partial charge in [0.05, 0.1) is 23.1 Å². The summed E-state index contributed by atoms with van der Waals surface area (Å²) in [5.74, 6) is 2.30. The Morgan fingerprint density at radius 1 is 1.19 bits per heavy atom. The molecule has 2 aromatic rings. The number of rotatable bonds is 6. The Hall–Kier alpha value is -2.48. The molecular formula is C24H33N5O3. The largest absolute Gasteiger partial charge is 0.381 e. The molecule has 2 saturated carbocycles. The van der Waals surface area contributed by atoms with Crippen molar-refractivity contribution in [2.75, 3.05) is 25.1 Å². The van der Waals surface area contributed by atoms with Crippen LogP contribution >= 0.6 is 0 Å². The summed E-state index contributed by atoms with van der Waals surface area (Å²) in [6.07, 6.45) is 10.2.